The number of ketones is 1. The quantitative estimate of drug-likeness (QED) is 0.696. The van der Waals surface area contributed by atoms with Gasteiger partial charge in [-0.3, -0.25) is 14.5 Å². The number of aromatic nitrogens is 2. The van der Waals surface area contributed by atoms with Crippen molar-refractivity contribution in [2.24, 2.45) is 7.05 Å². The number of anilines is 1. The number of hydrogen-bond donors (Lipinski definition) is 0. The highest BCUT2D eigenvalue weighted by Crippen LogP contribution is 2.21. The lowest BCUT2D eigenvalue weighted by Crippen LogP contribution is -2.35. The zero-order valence-electron chi connectivity index (χ0n) is 13.1. The predicted octanol–water partition coefficient (Wildman–Crippen LogP) is 2.81. The molecule has 1 heterocycles. The highest BCUT2D eigenvalue weighted by Gasteiger charge is 2.21. The molecule has 2 aromatic carbocycles. The Kier molecular flexibility index (Phi) is 3.93. The summed E-state index contributed by atoms with van der Waals surface area (Å²) in [6.45, 7) is 1.41. The Hall–Kier alpha value is -2.95. The number of benzene rings is 2. The monoisotopic (exact) mass is 307 g/mol. The van der Waals surface area contributed by atoms with Crippen LogP contribution in [0.15, 0.2) is 54.6 Å². The summed E-state index contributed by atoms with van der Waals surface area (Å²) in [7, 11) is 1.84. The van der Waals surface area contributed by atoms with Crippen LogP contribution >= 0.6 is 0 Å². The minimum absolute atomic E-state index is 0.0312. The molecule has 116 valence electrons. The van der Waals surface area contributed by atoms with Crippen LogP contribution in [0.1, 0.15) is 17.3 Å². The average molecular weight is 307 g/mol. The molecule has 0 aliphatic carbocycles. The van der Waals surface area contributed by atoms with Gasteiger partial charge in [-0.2, -0.15) is 0 Å². The van der Waals surface area contributed by atoms with Crippen molar-refractivity contribution in [1.29, 1.82) is 0 Å². The van der Waals surface area contributed by atoms with Crippen LogP contribution in [-0.2, 0) is 11.8 Å². The highest BCUT2D eigenvalue weighted by atomic mass is 16.2. The largest absolute Gasteiger partial charge is 0.313 e. The number of hydrogen-bond acceptors (Lipinski definition) is 3. The molecular weight excluding hydrogens is 290 g/mol. The third-order valence-corrected chi connectivity index (χ3v) is 3.78. The molecule has 0 aliphatic rings. The average Bonchev–Trinajstić information content (AvgIpc) is 2.90. The van der Waals surface area contributed by atoms with Gasteiger partial charge in [0, 0.05) is 19.5 Å². The van der Waals surface area contributed by atoms with Gasteiger partial charge in [-0.15, -0.1) is 0 Å². The van der Waals surface area contributed by atoms with Crippen LogP contribution in [0, 0.1) is 0 Å². The maximum atomic E-state index is 12.4. The molecule has 0 saturated heterocycles. The number of carbonyl (C=O) groups excluding carboxylic acids is 2. The summed E-state index contributed by atoms with van der Waals surface area (Å²) in [6, 6.07) is 16.6. The summed E-state index contributed by atoms with van der Waals surface area (Å²) >= 11 is 0. The molecule has 0 aliphatic heterocycles. The van der Waals surface area contributed by atoms with Gasteiger partial charge in [0.05, 0.1) is 17.6 Å². The molecule has 23 heavy (non-hydrogen) atoms. The van der Waals surface area contributed by atoms with Crippen molar-refractivity contribution >= 4 is 28.7 Å². The normalized spacial score (nSPS) is 10.7. The Morgan fingerprint density at radius 2 is 1.70 bits per heavy atom. The number of Topliss-reactive ketones (excluding diaryl/α,β-unsaturated/α-hetero) is 1. The maximum absolute atomic E-state index is 12.4. The molecule has 1 aromatic heterocycles. The second kappa shape index (κ2) is 6.04. The first kappa shape index (κ1) is 15.0. The number of rotatable bonds is 4. The number of imidazole rings is 1. The van der Waals surface area contributed by atoms with E-state index in [1.807, 2.05) is 41.9 Å². The fraction of sp³-hybridized carbons (Fsp3) is 0.167. The molecule has 0 saturated carbocycles. The van der Waals surface area contributed by atoms with E-state index in [2.05, 4.69) is 4.98 Å². The second-order valence-electron chi connectivity index (χ2n) is 5.35. The first-order valence-electron chi connectivity index (χ1n) is 7.35. The lowest BCUT2D eigenvalue weighted by Gasteiger charge is -2.19. The van der Waals surface area contributed by atoms with E-state index in [1.165, 1.54) is 11.8 Å². The highest BCUT2D eigenvalue weighted by molar-refractivity contribution is 6.04. The van der Waals surface area contributed by atoms with Crippen LogP contribution in [0.2, 0.25) is 0 Å². The first-order valence-corrected chi connectivity index (χ1v) is 7.35. The second-order valence-corrected chi connectivity index (χ2v) is 5.35. The van der Waals surface area contributed by atoms with Crippen LogP contribution in [0.5, 0.6) is 0 Å². The maximum Gasteiger partial charge on any atom is 0.226 e. The number of nitrogens with zero attached hydrogens (tertiary/aromatic N) is 3. The summed E-state index contributed by atoms with van der Waals surface area (Å²) < 4.78 is 1.83. The Morgan fingerprint density at radius 1 is 1.04 bits per heavy atom. The van der Waals surface area contributed by atoms with Crippen molar-refractivity contribution in [3.63, 3.8) is 0 Å². The fourth-order valence-corrected chi connectivity index (χ4v) is 2.56. The Morgan fingerprint density at radius 3 is 2.35 bits per heavy atom. The summed E-state index contributed by atoms with van der Waals surface area (Å²) in [4.78, 5) is 30.4. The summed E-state index contributed by atoms with van der Waals surface area (Å²) in [6.07, 6.45) is 0. The minimum atomic E-state index is -0.215. The van der Waals surface area contributed by atoms with E-state index in [-0.39, 0.29) is 18.2 Å². The van der Waals surface area contributed by atoms with Crippen LogP contribution in [0.4, 0.5) is 5.95 Å². The third-order valence-electron chi connectivity index (χ3n) is 3.78. The minimum Gasteiger partial charge on any atom is -0.313 e. The Labute approximate surface area is 134 Å². The van der Waals surface area contributed by atoms with Gasteiger partial charge in [-0.1, -0.05) is 42.5 Å². The molecule has 0 N–H and O–H groups in total. The van der Waals surface area contributed by atoms with Gasteiger partial charge in [0.2, 0.25) is 11.9 Å². The van der Waals surface area contributed by atoms with Crippen LogP contribution in [-0.4, -0.2) is 27.8 Å². The molecule has 5 heteroatoms. The SMILES string of the molecule is CC(=O)N(CC(=O)c1ccccc1)c1nc2ccccc2n1C. The van der Waals surface area contributed by atoms with Crippen LogP contribution in [0.25, 0.3) is 11.0 Å². The van der Waals surface area contributed by atoms with E-state index in [0.717, 1.165) is 11.0 Å². The van der Waals surface area contributed by atoms with Crippen molar-refractivity contribution in [1.82, 2.24) is 9.55 Å². The van der Waals surface area contributed by atoms with Crippen molar-refractivity contribution in [2.45, 2.75) is 6.92 Å². The van der Waals surface area contributed by atoms with Crippen molar-refractivity contribution in [3.05, 3.63) is 60.2 Å². The molecule has 0 bridgehead atoms. The molecule has 0 spiro atoms. The van der Waals surface area contributed by atoms with Gasteiger partial charge in [-0.05, 0) is 12.1 Å². The van der Waals surface area contributed by atoms with Crippen molar-refractivity contribution < 1.29 is 9.59 Å². The number of carbonyl (C=O) groups is 2. The zero-order valence-corrected chi connectivity index (χ0v) is 13.1. The number of para-hydroxylation sites is 2. The molecule has 3 aromatic rings. The Bertz CT molecular complexity index is 868. The van der Waals surface area contributed by atoms with E-state index >= 15 is 0 Å². The van der Waals surface area contributed by atoms with Gasteiger partial charge < -0.3 is 4.57 Å². The molecular formula is C18H17N3O2. The molecule has 0 radical (unpaired) electrons. The lowest BCUT2D eigenvalue weighted by molar-refractivity contribution is -0.116. The van der Waals surface area contributed by atoms with Crippen molar-refractivity contribution in [2.75, 3.05) is 11.4 Å². The fourth-order valence-electron chi connectivity index (χ4n) is 2.56. The number of amides is 1. The molecule has 0 atom stereocenters. The third kappa shape index (κ3) is 2.85. The summed E-state index contributed by atoms with van der Waals surface area (Å²) in [5.41, 5.74) is 2.29. The van der Waals surface area contributed by atoms with Crippen molar-refractivity contribution in [3.8, 4) is 0 Å². The smallest absolute Gasteiger partial charge is 0.226 e. The summed E-state index contributed by atoms with van der Waals surface area (Å²) in [5, 5.41) is 0. The van der Waals surface area contributed by atoms with Gasteiger partial charge in [0.1, 0.15) is 0 Å². The van der Waals surface area contributed by atoms with Gasteiger partial charge in [0.25, 0.3) is 0 Å². The Balaban J connectivity index is 1.97. The van der Waals surface area contributed by atoms with E-state index in [1.54, 1.807) is 24.3 Å². The van der Waals surface area contributed by atoms with Crippen LogP contribution in [0.3, 0.4) is 0 Å². The topological polar surface area (TPSA) is 55.2 Å². The molecule has 1 amide bonds. The summed E-state index contributed by atoms with van der Waals surface area (Å²) in [5.74, 6) is 0.142. The van der Waals surface area contributed by atoms with E-state index in [0.29, 0.717) is 11.5 Å². The first-order chi connectivity index (χ1) is 11.1. The lowest BCUT2D eigenvalue weighted by atomic mass is 10.1. The molecule has 5 nitrogen and oxygen atoms in total. The van der Waals surface area contributed by atoms with E-state index < -0.39 is 0 Å². The molecule has 0 fully saturated rings. The van der Waals surface area contributed by atoms with Gasteiger partial charge >= 0.3 is 0 Å². The van der Waals surface area contributed by atoms with Crippen LogP contribution < -0.4 is 4.90 Å². The molecule has 0 unspecified atom stereocenters. The van der Waals surface area contributed by atoms with E-state index in [4.69, 9.17) is 0 Å². The zero-order chi connectivity index (χ0) is 16.4. The van der Waals surface area contributed by atoms with Gasteiger partial charge in [0.15, 0.2) is 5.78 Å². The number of fused-ring (bicyclic) bond motifs is 1. The number of aryl methyl sites for hydroxylation is 1. The van der Waals surface area contributed by atoms with Gasteiger partial charge in [-0.25, -0.2) is 4.98 Å². The standard InChI is InChI=1S/C18H17N3O2/c1-13(22)21(12-17(23)14-8-4-3-5-9-14)18-19-15-10-6-7-11-16(15)20(18)2/h3-11H,12H2,1-2H3. The predicted molar refractivity (Wildman–Crippen MR) is 89.5 cm³/mol. The van der Waals surface area contributed by atoms with E-state index in [9.17, 15) is 9.59 Å². The molecule has 3 rings (SSSR count).